The lowest BCUT2D eigenvalue weighted by Crippen LogP contribution is -2.20. The summed E-state index contributed by atoms with van der Waals surface area (Å²) in [5.74, 6) is -0.105. The van der Waals surface area contributed by atoms with Crippen LogP contribution in [0.15, 0.2) is 47.6 Å². The fourth-order valence-corrected chi connectivity index (χ4v) is 2.39. The quantitative estimate of drug-likeness (QED) is 0.366. The molecule has 0 saturated carbocycles. The first-order chi connectivity index (χ1) is 13.9. The zero-order chi connectivity index (χ0) is 21.2. The normalized spacial score (nSPS) is 10.6. The lowest BCUT2D eigenvalue weighted by molar-refractivity contribution is -0.384. The molecule has 0 spiro atoms. The van der Waals surface area contributed by atoms with Gasteiger partial charge in [0.1, 0.15) is 5.75 Å². The summed E-state index contributed by atoms with van der Waals surface area (Å²) in [6.45, 7) is 2.43. The van der Waals surface area contributed by atoms with E-state index in [0.29, 0.717) is 18.0 Å². The number of hydrogen-bond acceptors (Lipinski definition) is 6. The van der Waals surface area contributed by atoms with E-state index in [1.807, 2.05) is 6.92 Å². The van der Waals surface area contributed by atoms with Crippen LogP contribution in [0, 0.1) is 10.1 Å². The molecule has 0 aliphatic carbocycles. The minimum atomic E-state index is -0.560. The highest BCUT2D eigenvalue weighted by Crippen LogP contribution is 2.20. The van der Waals surface area contributed by atoms with E-state index in [0.717, 1.165) is 0 Å². The van der Waals surface area contributed by atoms with Crippen molar-refractivity contribution in [3.05, 3.63) is 63.2 Å². The molecule has 0 heterocycles. The summed E-state index contributed by atoms with van der Waals surface area (Å²) in [7, 11) is 0. The number of hydrazone groups is 1. The minimum absolute atomic E-state index is 0.0356. The van der Waals surface area contributed by atoms with Crippen LogP contribution in [0.1, 0.15) is 25.3 Å². The first kappa shape index (κ1) is 21.8. The second kappa shape index (κ2) is 10.8. The van der Waals surface area contributed by atoms with Crippen molar-refractivity contribution < 1.29 is 19.2 Å². The zero-order valence-corrected chi connectivity index (χ0v) is 16.3. The van der Waals surface area contributed by atoms with Gasteiger partial charge < -0.3 is 10.1 Å². The molecule has 0 saturated heterocycles. The van der Waals surface area contributed by atoms with Gasteiger partial charge in [-0.15, -0.1) is 0 Å². The average molecular weight is 419 g/mol. The predicted octanol–water partition coefficient (Wildman–Crippen LogP) is 3.52. The van der Waals surface area contributed by atoms with Gasteiger partial charge in [-0.3, -0.25) is 19.7 Å². The Bertz CT molecular complexity index is 915. The number of benzene rings is 2. The Balaban J connectivity index is 1.79. The van der Waals surface area contributed by atoms with E-state index < -0.39 is 10.8 Å². The van der Waals surface area contributed by atoms with Crippen LogP contribution in [0.3, 0.4) is 0 Å². The number of ether oxygens (including phenoxy) is 1. The standard InChI is InChI=1S/C19H19ClN4O5/c1-2-29-16-6-3-14(4-7-16)22-18(25)9-10-19(26)23-21-12-13-11-15(24(27)28)5-8-17(13)20/h3-8,11-12H,2,9-10H2,1H3,(H,22,25)(H,23,26). The first-order valence-electron chi connectivity index (χ1n) is 8.67. The van der Waals surface area contributed by atoms with Crippen LogP contribution in [-0.2, 0) is 9.59 Å². The van der Waals surface area contributed by atoms with Crippen LogP contribution >= 0.6 is 11.6 Å². The highest BCUT2D eigenvalue weighted by atomic mass is 35.5. The Kier molecular flexibility index (Phi) is 8.11. The van der Waals surface area contributed by atoms with E-state index in [1.165, 1.54) is 24.4 Å². The first-order valence-corrected chi connectivity index (χ1v) is 9.05. The molecule has 2 N–H and O–H groups in total. The predicted molar refractivity (Wildman–Crippen MR) is 109 cm³/mol. The van der Waals surface area contributed by atoms with E-state index in [2.05, 4.69) is 15.8 Å². The van der Waals surface area contributed by atoms with Gasteiger partial charge >= 0.3 is 0 Å². The van der Waals surface area contributed by atoms with Crippen molar-refractivity contribution in [3.8, 4) is 5.75 Å². The van der Waals surface area contributed by atoms with Gasteiger partial charge in [-0.1, -0.05) is 11.6 Å². The Morgan fingerprint density at radius 1 is 1.17 bits per heavy atom. The van der Waals surface area contributed by atoms with Crippen molar-refractivity contribution in [3.63, 3.8) is 0 Å². The SMILES string of the molecule is CCOc1ccc(NC(=O)CCC(=O)NN=Cc2cc([N+](=O)[O-])ccc2Cl)cc1. The Hall–Kier alpha value is -3.46. The Labute approximate surface area is 171 Å². The number of nitrogens with zero attached hydrogens (tertiary/aromatic N) is 2. The van der Waals surface area contributed by atoms with E-state index in [1.54, 1.807) is 24.3 Å². The molecule has 152 valence electrons. The summed E-state index contributed by atoms with van der Waals surface area (Å²) in [4.78, 5) is 33.9. The summed E-state index contributed by atoms with van der Waals surface area (Å²) in [6.07, 6.45) is 1.09. The summed E-state index contributed by atoms with van der Waals surface area (Å²) < 4.78 is 5.32. The average Bonchev–Trinajstić information content (AvgIpc) is 2.69. The highest BCUT2D eigenvalue weighted by Gasteiger charge is 2.09. The number of rotatable bonds is 9. The number of carbonyl (C=O) groups excluding carboxylic acids is 2. The van der Waals surface area contributed by atoms with Crippen molar-refractivity contribution in [2.45, 2.75) is 19.8 Å². The molecule has 0 bridgehead atoms. The lowest BCUT2D eigenvalue weighted by Gasteiger charge is -2.07. The van der Waals surface area contributed by atoms with Crippen molar-refractivity contribution in [1.82, 2.24) is 5.43 Å². The maximum atomic E-state index is 11.9. The molecule has 0 atom stereocenters. The van der Waals surface area contributed by atoms with E-state index in [-0.39, 0.29) is 35.0 Å². The Morgan fingerprint density at radius 2 is 1.86 bits per heavy atom. The molecule has 0 aliphatic heterocycles. The molecule has 2 aromatic rings. The van der Waals surface area contributed by atoms with E-state index >= 15 is 0 Å². The van der Waals surface area contributed by atoms with Crippen LogP contribution in [0.2, 0.25) is 5.02 Å². The van der Waals surface area contributed by atoms with Gasteiger partial charge in [0.15, 0.2) is 0 Å². The molecule has 29 heavy (non-hydrogen) atoms. The number of halogens is 1. The number of hydrogen-bond donors (Lipinski definition) is 2. The molecule has 10 heteroatoms. The molecule has 0 aliphatic rings. The maximum absolute atomic E-state index is 11.9. The van der Waals surface area contributed by atoms with E-state index in [4.69, 9.17) is 16.3 Å². The monoisotopic (exact) mass is 418 g/mol. The topological polar surface area (TPSA) is 123 Å². The fourth-order valence-electron chi connectivity index (χ4n) is 2.23. The molecular weight excluding hydrogens is 400 g/mol. The number of nitro groups is 1. The van der Waals surface area contributed by atoms with Crippen LogP contribution in [0.25, 0.3) is 0 Å². The van der Waals surface area contributed by atoms with Crippen LogP contribution in [0.4, 0.5) is 11.4 Å². The molecule has 2 amide bonds. The molecule has 9 nitrogen and oxygen atoms in total. The number of nitro benzene ring substituents is 1. The third kappa shape index (κ3) is 7.23. The van der Waals surface area contributed by atoms with Crippen molar-refractivity contribution in [1.29, 1.82) is 0 Å². The maximum Gasteiger partial charge on any atom is 0.270 e. The molecule has 2 aromatic carbocycles. The summed E-state index contributed by atoms with van der Waals surface area (Å²) in [5, 5.41) is 17.4. The number of amides is 2. The summed E-state index contributed by atoms with van der Waals surface area (Å²) in [5.41, 5.74) is 2.99. The van der Waals surface area contributed by atoms with Crippen molar-refractivity contribution in [2.75, 3.05) is 11.9 Å². The van der Waals surface area contributed by atoms with Crippen molar-refractivity contribution >= 4 is 41.0 Å². The van der Waals surface area contributed by atoms with Crippen LogP contribution in [0.5, 0.6) is 5.75 Å². The van der Waals surface area contributed by atoms with Gasteiger partial charge in [-0.2, -0.15) is 5.10 Å². The fraction of sp³-hybridized carbons (Fsp3) is 0.211. The molecule has 0 radical (unpaired) electrons. The minimum Gasteiger partial charge on any atom is -0.494 e. The highest BCUT2D eigenvalue weighted by molar-refractivity contribution is 6.33. The molecule has 0 aromatic heterocycles. The summed E-state index contributed by atoms with van der Waals surface area (Å²) in [6, 6.07) is 10.8. The third-order valence-corrected chi connectivity index (χ3v) is 3.96. The van der Waals surface area contributed by atoms with E-state index in [9.17, 15) is 19.7 Å². The number of non-ortho nitro benzene ring substituents is 1. The van der Waals surface area contributed by atoms with Gasteiger partial charge in [0.05, 0.1) is 17.7 Å². The molecule has 0 unspecified atom stereocenters. The zero-order valence-electron chi connectivity index (χ0n) is 15.6. The van der Waals surface area contributed by atoms with Crippen molar-refractivity contribution in [2.24, 2.45) is 5.10 Å². The van der Waals surface area contributed by atoms with Crippen LogP contribution < -0.4 is 15.5 Å². The number of anilines is 1. The van der Waals surface area contributed by atoms with Gasteiger partial charge in [-0.25, -0.2) is 5.43 Å². The summed E-state index contributed by atoms with van der Waals surface area (Å²) >= 11 is 5.94. The second-order valence-electron chi connectivity index (χ2n) is 5.76. The lowest BCUT2D eigenvalue weighted by atomic mass is 10.2. The smallest absolute Gasteiger partial charge is 0.270 e. The molecule has 0 fully saturated rings. The number of nitrogens with one attached hydrogen (secondary N) is 2. The van der Waals surface area contributed by atoms with Crippen LogP contribution in [-0.4, -0.2) is 29.6 Å². The van der Waals surface area contributed by atoms with Gasteiger partial charge in [0, 0.05) is 41.2 Å². The Morgan fingerprint density at radius 3 is 2.52 bits per heavy atom. The number of carbonyl (C=O) groups is 2. The molecular formula is C19H19ClN4O5. The molecule has 2 rings (SSSR count). The third-order valence-electron chi connectivity index (χ3n) is 3.61. The van der Waals surface area contributed by atoms with Gasteiger partial charge in [0.25, 0.3) is 5.69 Å². The van der Waals surface area contributed by atoms with Gasteiger partial charge in [-0.05, 0) is 37.3 Å². The van der Waals surface area contributed by atoms with Gasteiger partial charge in [0.2, 0.25) is 11.8 Å². The second-order valence-corrected chi connectivity index (χ2v) is 6.17. The largest absolute Gasteiger partial charge is 0.494 e.